The molecule has 2 atom stereocenters. The number of hydrogen-bond donors (Lipinski definition) is 0. The zero-order valence-electron chi connectivity index (χ0n) is 16.9. The lowest BCUT2D eigenvalue weighted by atomic mass is 9.80. The molecule has 1 aromatic rings. The fourth-order valence-corrected chi connectivity index (χ4v) is 6.29. The number of hydrogen-bond acceptors (Lipinski definition) is 6. The van der Waals surface area contributed by atoms with Crippen molar-refractivity contribution in [3.63, 3.8) is 0 Å². The number of morpholine rings is 1. The van der Waals surface area contributed by atoms with Gasteiger partial charge in [-0.05, 0) is 32.1 Å². The first kappa shape index (κ1) is 20.6. The lowest BCUT2D eigenvalue weighted by Gasteiger charge is -2.33. The van der Waals surface area contributed by atoms with E-state index < -0.39 is 0 Å². The molecule has 0 N–H and O–H groups in total. The fourth-order valence-electron chi connectivity index (χ4n) is 5.16. The monoisotopic (exact) mass is 426 g/mol. The fraction of sp³-hybridized carbons (Fsp3) is 0.750. The minimum Gasteiger partial charge on any atom is -0.379 e. The number of nitrogens with zero attached hydrogens (tertiary/aromatic N) is 4. The van der Waals surface area contributed by atoms with Gasteiger partial charge in [0.1, 0.15) is 0 Å². The number of thiophene rings is 1. The standard InChI is InChI=1S/C20H31ClN4O2S/c1-22(2)13-20-14-24(11-17-3-4-18(21)28-17)9-16(20)10-25(15-20)19(26)12-23-5-7-27-8-6-23/h3-4,16H,5-15H2,1-2H3. The summed E-state index contributed by atoms with van der Waals surface area (Å²) >= 11 is 7.78. The number of fused-ring (bicyclic) bond motifs is 1. The molecule has 3 saturated heterocycles. The average molecular weight is 427 g/mol. The van der Waals surface area contributed by atoms with Crippen LogP contribution in [-0.2, 0) is 16.1 Å². The maximum Gasteiger partial charge on any atom is 0.236 e. The summed E-state index contributed by atoms with van der Waals surface area (Å²) in [6, 6.07) is 4.12. The summed E-state index contributed by atoms with van der Waals surface area (Å²) in [7, 11) is 4.29. The normalized spacial score (nSPS) is 29.0. The second kappa shape index (κ2) is 8.58. The van der Waals surface area contributed by atoms with Crippen molar-refractivity contribution >= 4 is 28.8 Å². The Balaban J connectivity index is 1.39. The van der Waals surface area contributed by atoms with Gasteiger partial charge in [-0.1, -0.05) is 11.6 Å². The maximum atomic E-state index is 13.0. The van der Waals surface area contributed by atoms with E-state index >= 15 is 0 Å². The number of carbonyl (C=O) groups is 1. The van der Waals surface area contributed by atoms with Crippen molar-refractivity contribution in [2.24, 2.45) is 11.3 Å². The van der Waals surface area contributed by atoms with Gasteiger partial charge in [0.2, 0.25) is 5.91 Å². The van der Waals surface area contributed by atoms with Crippen LogP contribution in [0.3, 0.4) is 0 Å². The van der Waals surface area contributed by atoms with Gasteiger partial charge < -0.3 is 14.5 Å². The molecule has 3 fully saturated rings. The van der Waals surface area contributed by atoms with Crippen LogP contribution >= 0.6 is 22.9 Å². The third kappa shape index (κ3) is 4.55. The van der Waals surface area contributed by atoms with Crippen molar-refractivity contribution in [3.8, 4) is 0 Å². The number of carbonyl (C=O) groups excluding carboxylic acids is 1. The van der Waals surface area contributed by atoms with E-state index in [1.165, 1.54) is 4.88 Å². The van der Waals surface area contributed by atoms with Crippen molar-refractivity contribution in [2.75, 3.05) is 79.7 Å². The van der Waals surface area contributed by atoms with Gasteiger partial charge in [-0.15, -0.1) is 11.3 Å². The second-order valence-electron chi connectivity index (χ2n) is 8.84. The van der Waals surface area contributed by atoms with Gasteiger partial charge in [-0.2, -0.15) is 0 Å². The van der Waals surface area contributed by atoms with Gasteiger partial charge in [-0.3, -0.25) is 14.6 Å². The Morgan fingerprint density at radius 1 is 1.25 bits per heavy atom. The topological polar surface area (TPSA) is 39.3 Å². The first-order valence-corrected chi connectivity index (χ1v) is 11.3. The third-order valence-corrected chi connectivity index (χ3v) is 7.50. The van der Waals surface area contributed by atoms with E-state index in [0.717, 1.165) is 69.9 Å². The van der Waals surface area contributed by atoms with Crippen LogP contribution in [0.15, 0.2) is 12.1 Å². The third-order valence-electron chi connectivity index (χ3n) is 6.28. The number of ether oxygens (including phenoxy) is 1. The zero-order valence-corrected chi connectivity index (χ0v) is 18.5. The summed E-state index contributed by atoms with van der Waals surface area (Å²) in [5, 5.41) is 0. The highest BCUT2D eigenvalue weighted by molar-refractivity contribution is 7.16. The summed E-state index contributed by atoms with van der Waals surface area (Å²) in [5.41, 5.74) is 0.172. The summed E-state index contributed by atoms with van der Waals surface area (Å²) in [4.78, 5) is 23.5. The molecule has 4 rings (SSSR count). The molecule has 6 nitrogen and oxygen atoms in total. The van der Waals surface area contributed by atoms with Gasteiger partial charge in [0.15, 0.2) is 0 Å². The SMILES string of the molecule is CN(C)CC12CN(Cc3ccc(Cl)s3)CC1CN(C(=O)CN1CCOCC1)C2. The van der Waals surface area contributed by atoms with Gasteiger partial charge in [0.05, 0.1) is 24.1 Å². The number of halogens is 1. The molecule has 0 aromatic carbocycles. The molecule has 8 heteroatoms. The molecule has 3 aliphatic heterocycles. The number of likely N-dealkylation sites (tertiary alicyclic amines) is 2. The lowest BCUT2D eigenvalue weighted by Crippen LogP contribution is -2.46. The predicted molar refractivity (Wildman–Crippen MR) is 113 cm³/mol. The molecule has 0 saturated carbocycles. The largest absolute Gasteiger partial charge is 0.379 e. The van der Waals surface area contributed by atoms with E-state index in [1.807, 2.05) is 6.07 Å². The molecule has 4 heterocycles. The Morgan fingerprint density at radius 3 is 2.71 bits per heavy atom. The van der Waals surface area contributed by atoms with Crippen molar-refractivity contribution < 1.29 is 9.53 Å². The van der Waals surface area contributed by atoms with E-state index in [-0.39, 0.29) is 11.3 Å². The van der Waals surface area contributed by atoms with Crippen LogP contribution < -0.4 is 0 Å². The van der Waals surface area contributed by atoms with Crippen LogP contribution in [0.5, 0.6) is 0 Å². The summed E-state index contributed by atoms with van der Waals surface area (Å²) in [5.74, 6) is 0.824. The second-order valence-corrected chi connectivity index (χ2v) is 10.6. The molecule has 0 bridgehead atoms. The van der Waals surface area contributed by atoms with Gasteiger partial charge in [-0.25, -0.2) is 0 Å². The van der Waals surface area contributed by atoms with E-state index in [0.29, 0.717) is 12.5 Å². The minimum atomic E-state index is 0.172. The Kier molecular flexibility index (Phi) is 6.30. The quantitative estimate of drug-likeness (QED) is 0.690. The van der Waals surface area contributed by atoms with Crippen LogP contribution in [0.2, 0.25) is 4.34 Å². The van der Waals surface area contributed by atoms with Crippen molar-refractivity contribution in [2.45, 2.75) is 6.54 Å². The van der Waals surface area contributed by atoms with E-state index in [1.54, 1.807) is 11.3 Å². The average Bonchev–Trinajstić information content (AvgIpc) is 3.27. The van der Waals surface area contributed by atoms with Gasteiger partial charge in [0.25, 0.3) is 0 Å². The van der Waals surface area contributed by atoms with Crippen molar-refractivity contribution in [1.29, 1.82) is 0 Å². The predicted octanol–water partition coefficient (Wildman–Crippen LogP) is 1.56. The molecule has 1 aromatic heterocycles. The molecular weight excluding hydrogens is 396 g/mol. The summed E-state index contributed by atoms with van der Waals surface area (Å²) < 4.78 is 6.26. The molecule has 1 amide bonds. The van der Waals surface area contributed by atoms with Crippen molar-refractivity contribution in [3.05, 3.63) is 21.3 Å². The molecule has 156 valence electrons. The zero-order chi connectivity index (χ0) is 19.7. The van der Waals surface area contributed by atoms with Gasteiger partial charge >= 0.3 is 0 Å². The highest BCUT2D eigenvalue weighted by Gasteiger charge is 2.53. The molecule has 28 heavy (non-hydrogen) atoms. The minimum absolute atomic E-state index is 0.172. The van der Waals surface area contributed by atoms with E-state index in [9.17, 15) is 4.79 Å². The van der Waals surface area contributed by atoms with Crippen molar-refractivity contribution in [1.82, 2.24) is 19.6 Å². The summed E-state index contributed by atoms with van der Waals surface area (Å²) in [6.45, 7) is 9.60. The highest BCUT2D eigenvalue weighted by atomic mass is 35.5. The van der Waals surface area contributed by atoms with Crippen LogP contribution in [0.25, 0.3) is 0 Å². The molecule has 0 radical (unpaired) electrons. The van der Waals surface area contributed by atoms with E-state index in [4.69, 9.17) is 16.3 Å². The smallest absolute Gasteiger partial charge is 0.236 e. The molecule has 0 spiro atoms. The maximum absolute atomic E-state index is 13.0. The Morgan fingerprint density at radius 2 is 2.04 bits per heavy atom. The van der Waals surface area contributed by atoms with Crippen LogP contribution in [0, 0.1) is 11.3 Å². The molecule has 2 unspecified atom stereocenters. The molecule has 0 aliphatic carbocycles. The molecular formula is C20H31ClN4O2S. The van der Waals surface area contributed by atoms with Crippen LogP contribution in [0.1, 0.15) is 4.88 Å². The number of amides is 1. The van der Waals surface area contributed by atoms with Crippen LogP contribution in [-0.4, -0.2) is 105 Å². The van der Waals surface area contributed by atoms with Gasteiger partial charge in [0, 0.05) is 62.7 Å². The Hall–Kier alpha value is -0.700. The van der Waals surface area contributed by atoms with Crippen LogP contribution in [0.4, 0.5) is 0 Å². The number of rotatable bonds is 6. The Labute approximate surface area is 177 Å². The highest BCUT2D eigenvalue weighted by Crippen LogP contribution is 2.43. The summed E-state index contributed by atoms with van der Waals surface area (Å²) in [6.07, 6.45) is 0. The first-order valence-electron chi connectivity index (χ1n) is 10.1. The Bertz CT molecular complexity index is 694. The lowest BCUT2D eigenvalue weighted by molar-refractivity contribution is -0.133. The van der Waals surface area contributed by atoms with E-state index in [2.05, 4.69) is 39.8 Å². The first-order chi connectivity index (χ1) is 13.4. The molecule has 3 aliphatic rings.